The normalized spacial score (nSPS) is 14.7. The summed E-state index contributed by atoms with van der Waals surface area (Å²) in [5, 5.41) is 7.85. The second-order valence-electron chi connectivity index (χ2n) is 10.1. The van der Waals surface area contributed by atoms with Crippen molar-refractivity contribution >= 4 is 22.5 Å². The van der Waals surface area contributed by atoms with Gasteiger partial charge in [-0.15, -0.1) is 0 Å². The number of pyridine rings is 1. The number of amides is 1. The predicted molar refractivity (Wildman–Crippen MR) is 148 cm³/mol. The topological polar surface area (TPSA) is 66.3 Å². The number of aryl methyl sites for hydroxylation is 2. The van der Waals surface area contributed by atoms with Crippen LogP contribution in [0, 0.1) is 18.8 Å². The van der Waals surface area contributed by atoms with Gasteiger partial charge < -0.3 is 10.2 Å². The van der Waals surface area contributed by atoms with Crippen LogP contribution in [-0.2, 0) is 19.8 Å². The molecule has 0 saturated carbocycles. The van der Waals surface area contributed by atoms with Gasteiger partial charge >= 0.3 is 6.18 Å². The third-order valence-corrected chi connectivity index (χ3v) is 7.17. The van der Waals surface area contributed by atoms with Gasteiger partial charge in [0.05, 0.1) is 29.0 Å². The number of carbonyl (C=O) groups excluding carboxylic acids is 1. The maximum Gasteiger partial charge on any atom is 0.416 e. The van der Waals surface area contributed by atoms with Crippen LogP contribution in [0.25, 0.3) is 10.9 Å². The molecular formula is C30H29F3N6O. The van der Waals surface area contributed by atoms with Crippen molar-refractivity contribution in [2.24, 2.45) is 7.05 Å². The zero-order valence-corrected chi connectivity index (χ0v) is 22.5. The molecule has 0 radical (unpaired) electrons. The maximum absolute atomic E-state index is 14.0. The van der Waals surface area contributed by atoms with Gasteiger partial charge in [-0.3, -0.25) is 19.4 Å². The molecule has 1 aliphatic heterocycles. The van der Waals surface area contributed by atoms with Gasteiger partial charge in [0.15, 0.2) is 0 Å². The molecule has 1 aliphatic rings. The van der Waals surface area contributed by atoms with E-state index in [0.717, 1.165) is 41.2 Å². The minimum atomic E-state index is -4.57. The number of halogens is 3. The fraction of sp³-hybridized carbons (Fsp3) is 0.300. The lowest BCUT2D eigenvalue weighted by Crippen LogP contribution is -2.44. The van der Waals surface area contributed by atoms with Crippen molar-refractivity contribution in [3.8, 4) is 11.8 Å². The second-order valence-corrected chi connectivity index (χ2v) is 10.1. The fourth-order valence-electron chi connectivity index (χ4n) is 4.70. The quantitative estimate of drug-likeness (QED) is 0.376. The Morgan fingerprint density at radius 3 is 2.48 bits per heavy atom. The average molecular weight is 547 g/mol. The van der Waals surface area contributed by atoms with Gasteiger partial charge in [0, 0.05) is 68.2 Å². The Morgan fingerprint density at radius 1 is 0.975 bits per heavy atom. The van der Waals surface area contributed by atoms with Crippen LogP contribution in [0.1, 0.15) is 38.2 Å². The predicted octanol–water partition coefficient (Wildman–Crippen LogP) is 4.70. The summed E-state index contributed by atoms with van der Waals surface area (Å²) in [6, 6.07) is 9.03. The molecule has 3 heterocycles. The molecule has 0 atom stereocenters. The van der Waals surface area contributed by atoms with Crippen LogP contribution in [0.2, 0.25) is 0 Å². The number of hydrogen-bond donors (Lipinski definition) is 1. The van der Waals surface area contributed by atoms with E-state index in [1.165, 1.54) is 12.1 Å². The summed E-state index contributed by atoms with van der Waals surface area (Å²) in [4.78, 5) is 21.4. The Kier molecular flexibility index (Phi) is 7.61. The number of aromatic nitrogens is 3. The van der Waals surface area contributed by atoms with Crippen molar-refractivity contribution in [1.82, 2.24) is 24.6 Å². The van der Waals surface area contributed by atoms with Gasteiger partial charge in [0.2, 0.25) is 0 Å². The highest BCUT2D eigenvalue weighted by Crippen LogP contribution is 2.34. The third kappa shape index (κ3) is 6.01. The number of piperazine rings is 1. The van der Waals surface area contributed by atoms with Crippen LogP contribution in [0.3, 0.4) is 0 Å². The van der Waals surface area contributed by atoms with Gasteiger partial charge in [-0.05, 0) is 49.4 Å². The van der Waals surface area contributed by atoms with E-state index in [9.17, 15) is 18.0 Å². The summed E-state index contributed by atoms with van der Waals surface area (Å²) in [6.07, 6.45) is 0.550. The lowest BCUT2D eigenvalue weighted by atomic mass is 10.0. The Balaban J connectivity index is 1.36. The van der Waals surface area contributed by atoms with Crippen LogP contribution in [0.4, 0.5) is 18.9 Å². The zero-order valence-electron chi connectivity index (χ0n) is 22.5. The molecule has 2 aromatic heterocycles. The largest absolute Gasteiger partial charge is 0.416 e. The molecule has 1 N–H and O–H groups in total. The maximum atomic E-state index is 14.0. The number of hydrogen-bond acceptors (Lipinski definition) is 5. The molecule has 1 saturated heterocycles. The highest BCUT2D eigenvalue weighted by molar-refractivity contribution is 6.04. The molecule has 2 aromatic carbocycles. The van der Waals surface area contributed by atoms with Crippen molar-refractivity contribution in [2.75, 3.05) is 38.5 Å². The fourth-order valence-corrected chi connectivity index (χ4v) is 4.70. The minimum absolute atomic E-state index is 0.0583. The molecule has 1 fully saturated rings. The third-order valence-electron chi connectivity index (χ3n) is 7.17. The number of benzene rings is 2. The van der Waals surface area contributed by atoms with Crippen molar-refractivity contribution in [3.63, 3.8) is 0 Å². The van der Waals surface area contributed by atoms with Crippen LogP contribution >= 0.6 is 0 Å². The molecule has 0 bridgehead atoms. The second kappa shape index (κ2) is 11.1. The molecular weight excluding hydrogens is 517 g/mol. The van der Waals surface area contributed by atoms with E-state index < -0.39 is 17.6 Å². The van der Waals surface area contributed by atoms with E-state index >= 15 is 0 Å². The first-order valence-electron chi connectivity index (χ1n) is 12.9. The number of anilines is 1. The van der Waals surface area contributed by atoms with Crippen molar-refractivity contribution in [2.45, 2.75) is 19.6 Å². The number of likely N-dealkylation sites (N-methyl/N-ethyl adjacent to an activating group) is 1. The van der Waals surface area contributed by atoms with Crippen LogP contribution in [0.15, 0.2) is 55.0 Å². The van der Waals surface area contributed by atoms with E-state index in [1.54, 1.807) is 35.4 Å². The standard InChI is InChI=1S/C30H29F3N6O/c1-20-4-9-25(14-21(20)5-7-23-16-34-18-28-26(23)17-35-38(28)3)36-29(40)22-6-8-24(27(15-22)30(31,32)33)19-39-12-10-37(2)11-13-39/h4,6,8-9,14-18H,10-13,19H2,1-3H3,(H,36,40). The SMILES string of the molecule is Cc1ccc(NC(=O)c2ccc(CN3CCN(C)CC3)c(C(F)(F)F)c2)cc1C#Cc1cncc2c1cnn2C. The number of rotatable bonds is 4. The molecule has 4 aromatic rings. The van der Waals surface area contributed by atoms with Crippen LogP contribution in [-0.4, -0.2) is 63.7 Å². The van der Waals surface area contributed by atoms with Gasteiger partial charge in [-0.2, -0.15) is 18.3 Å². The summed E-state index contributed by atoms with van der Waals surface area (Å²) in [7, 11) is 3.83. The molecule has 40 heavy (non-hydrogen) atoms. The summed E-state index contributed by atoms with van der Waals surface area (Å²) in [5.41, 5.74) is 2.91. The Hall–Kier alpha value is -4.20. The first-order chi connectivity index (χ1) is 19.1. The Bertz CT molecular complexity index is 1620. The molecule has 7 nitrogen and oxygen atoms in total. The van der Waals surface area contributed by atoms with Crippen LogP contribution < -0.4 is 5.32 Å². The lowest BCUT2D eigenvalue weighted by molar-refractivity contribution is -0.138. The highest BCUT2D eigenvalue weighted by atomic mass is 19.4. The Labute approximate surface area is 230 Å². The van der Waals surface area contributed by atoms with Crippen LogP contribution in [0.5, 0.6) is 0 Å². The summed E-state index contributed by atoms with van der Waals surface area (Å²) in [5.74, 6) is 5.63. The summed E-state index contributed by atoms with van der Waals surface area (Å²) >= 11 is 0. The molecule has 5 rings (SSSR count). The van der Waals surface area contributed by atoms with E-state index in [2.05, 4.69) is 32.1 Å². The first kappa shape index (κ1) is 27.4. The number of fused-ring (bicyclic) bond motifs is 1. The lowest BCUT2D eigenvalue weighted by Gasteiger charge is -2.33. The molecule has 1 amide bonds. The Morgan fingerprint density at radius 2 is 1.73 bits per heavy atom. The number of nitrogens with one attached hydrogen (secondary N) is 1. The highest BCUT2D eigenvalue weighted by Gasteiger charge is 2.34. The van der Waals surface area contributed by atoms with Crippen molar-refractivity contribution < 1.29 is 18.0 Å². The van der Waals surface area contributed by atoms with Gasteiger partial charge in [-0.1, -0.05) is 24.0 Å². The first-order valence-corrected chi connectivity index (χ1v) is 12.9. The van der Waals surface area contributed by atoms with E-state index in [-0.39, 0.29) is 17.7 Å². The number of carbonyl (C=O) groups is 1. The van der Waals surface area contributed by atoms with Crippen molar-refractivity contribution in [1.29, 1.82) is 0 Å². The number of alkyl halides is 3. The molecule has 0 spiro atoms. The number of nitrogens with zero attached hydrogens (tertiary/aromatic N) is 5. The summed E-state index contributed by atoms with van der Waals surface area (Å²) < 4.78 is 43.6. The van der Waals surface area contributed by atoms with Crippen molar-refractivity contribution in [3.05, 3.63) is 88.4 Å². The van der Waals surface area contributed by atoms with E-state index in [4.69, 9.17) is 0 Å². The zero-order chi connectivity index (χ0) is 28.4. The van der Waals surface area contributed by atoms with E-state index in [1.807, 2.05) is 32.0 Å². The molecule has 0 unspecified atom stereocenters. The van der Waals surface area contributed by atoms with Gasteiger partial charge in [0.1, 0.15) is 0 Å². The molecule has 0 aliphatic carbocycles. The smallest absolute Gasteiger partial charge is 0.322 e. The summed E-state index contributed by atoms with van der Waals surface area (Å²) in [6.45, 7) is 5.09. The minimum Gasteiger partial charge on any atom is -0.322 e. The molecule has 206 valence electrons. The van der Waals surface area contributed by atoms with Gasteiger partial charge in [0.25, 0.3) is 5.91 Å². The molecule has 10 heteroatoms. The van der Waals surface area contributed by atoms with Gasteiger partial charge in [-0.25, -0.2) is 0 Å². The van der Waals surface area contributed by atoms with E-state index in [0.29, 0.717) is 24.3 Å². The average Bonchev–Trinajstić information content (AvgIpc) is 3.31. The monoisotopic (exact) mass is 546 g/mol.